The Morgan fingerprint density at radius 1 is 1.28 bits per heavy atom. The maximum Gasteiger partial charge on any atom is 0.317 e. The van der Waals surface area contributed by atoms with Crippen molar-refractivity contribution in [1.29, 1.82) is 0 Å². The average molecular weight is 369 g/mol. The minimum Gasteiger partial charge on any atom is -0.337 e. The summed E-state index contributed by atoms with van der Waals surface area (Å²) in [5.74, 6) is 0.266. The van der Waals surface area contributed by atoms with Crippen LogP contribution >= 0.6 is 0 Å². The van der Waals surface area contributed by atoms with Gasteiger partial charge < -0.3 is 10.2 Å². The van der Waals surface area contributed by atoms with E-state index >= 15 is 0 Å². The smallest absolute Gasteiger partial charge is 0.317 e. The topological polar surface area (TPSA) is 82.6 Å². The number of nitrogens with one attached hydrogen (secondary N) is 1. The Balaban J connectivity index is 1.69. The Bertz CT molecular complexity index is 641. The summed E-state index contributed by atoms with van der Waals surface area (Å²) in [6.45, 7) is 7.64. The zero-order valence-electron chi connectivity index (χ0n) is 15.0. The molecule has 140 valence electrons. The van der Waals surface area contributed by atoms with Crippen molar-refractivity contribution in [3.05, 3.63) is 30.1 Å². The van der Waals surface area contributed by atoms with Crippen LogP contribution in [0.5, 0.6) is 0 Å². The molecule has 2 heterocycles. The molecule has 0 aliphatic carbocycles. The van der Waals surface area contributed by atoms with Crippen molar-refractivity contribution in [1.82, 2.24) is 20.1 Å². The monoisotopic (exact) mass is 368 g/mol. The molecule has 0 spiro atoms. The molecule has 0 atom stereocenters. The molecule has 1 aromatic rings. The Labute approximate surface area is 150 Å². The third kappa shape index (κ3) is 6.99. The lowest BCUT2D eigenvalue weighted by Crippen LogP contribution is -2.52. The molecule has 0 aromatic carbocycles. The van der Waals surface area contributed by atoms with Crippen molar-refractivity contribution < 1.29 is 13.2 Å². The maximum absolute atomic E-state index is 12.2. The van der Waals surface area contributed by atoms with Gasteiger partial charge in [-0.25, -0.2) is 13.2 Å². The van der Waals surface area contributed by atoms with Gasteiger partial charge in [0.1, 0.15) is 0 Å². The van der Waals surface area contributed by atoms with E-state index in [-0.39, 0.29) is 30.0 Å². The van der Waals surface area contributed by atoms with E-state index < -0.39 is 9.84 Å². The summed E-state index contributed by atoms with van der Waals surface area (Å²) >= 11 is 0. The molecule has 1 aliphatic rings. The average Bonchev–Trinajstić information content (AvgIpc) is 2.55. The molecule has 2 rings (SSSR count). The molecule has 0 saturated carbocycles. The number of piperazine rings is 1. The number of hydrogen-bond acceptors (Lipinski definition) is 5. The minimum atomic E-state index is -3.10. The van der Waals surface area contributed by atoms with Gasteiger partial charge in [0.2, 0.25) is 0 Å². The van der Waals surface area contributed by atoms with Gasteiger partial charge in [-0.1, -0.05) is 19.9 Å². The third-order valence-electron chi connectivity index (χ3n) is 4.07. The first-order valence-electron chi connectivity index (χ1n) is 8.70. The Morgan fingerprint density at radius 3 is 2.60 bits per heavy atom. The van der Waals surface area contributed by atoms with Crippen LogP contribution in [0.1, 0.15) is 19.4 Å². The van der Waals surface area contributed by atoms with Crippen LogP contribution in [-0.4, -0.2) is 73.5 Å². The summed E-state index contributed by atoms with van der Waals surface area (Å²) in [4.78, 5) is 20.3. The molecule has 0 radical (unpaired) electrons. The van der Waals surface area contributed by atoms with E-state index in [0.717, 1.165) is 25.2 Å². The van der Waals surface area contributed by atoms with E-state index in [2.05, 4.69) is 15.2 Å². The van der Waals surface area contributed by atoms with Crippen molar-refractivity contribution in [3.8, 4) is 0 Å². The maximum atomic E-state index is 12.2. The van der Waals surface area contributed by atoms with Crippen molar-refractivity contribution in [2.75, 3.05) is 44.2 Å². The Hall–Kier alpha value is -1.67. The summed E-state index contributed by atoms with van der Waals surface area (Å²) < 4.78 is 23.7. The molecule has 1 aliphatic heterocycles. The molecule has 1 N–H and O–H groups in total. The number of rotatable bonds is 7. The fraction of sp³-hybridized carbons (Fsp3) is 0.647. The molecule has 1 saturated heterocycles. The highest BCUT2D eigenvalue weighted by Gasteiger charge is 2.21. The third-order valence-corrected chi connectivity index (χ3v) is 6.07. The summed E-state index contributed by atoms with van der Waals surface area (Å²) in [7, 11) is -3.10. The highest BCUT2D eigenvalue weighted by Crippen LogP contribution is 2.07. The van der Waals surface area contributed by atoms with Gasteiger partial charge >= 0.3 is 6.03 Å². The van der Waals surface area contributed by atoms with Crippen LogP contribution in [0.15, 0.2) is 24.5 Å². The van der Waals surface area contributed by atoms with Gasteiger partial charge in [0, 0.05) is 51.7 Å². The summed E-state index contributed by atoms with van der Waals surface area (Å²) in [6, 6.07) is 3.79. The molecule has 7 nitrogen and oxygen atoms in total. The van der Waals surface area contributed by atoms with Crippen LogP contribution < -0.4 is 5.32 Å². The zero-order chi connectivity index (χ0) is 18.3. The standard InChI is InChI=1S/C17H28N4O3S/c1-15(2)14-25(23,24)11-6-19-17(22)21-9-7-20(8-10-21)13-16-4-3-5-18-12-16/h3-5,12,15H,6-11,13-14H2,1-2H3,(H,19,22). The lowest BCUT2D eigenvalue weighted by atomic mass is 10.2. The predicted octanol–water partition coefficient (Wildman–Crippen LogP) is 0.980. The second kappa shape index (κ2) is 9.15. The number of pyridine rings is 1. The van der Waals surface area contributed by atoms with Gasteiger partial charge in [-0.3, -0.25) is 9.88 Å². The van der Waals surface area contributed by atoms with Crippen LogP contribution in [0.2, 0.25) is 0 Å². The number of carbonyl (C=O) groups is 1. The molecule has 8 heteroatoms. The summed E-state index contributed by atoms with van der Waals surface area (Å²) in [5, 5.41) is 2.73. The van der Waals surface area contributed by atoms with E-state index in [1.807, 2.05) is 32.2 Å². The zero-order valence-corrected chi connectivity index (χ0v) is 15.8. The molecule has 2 amide bonds. The fourth-order valence-corrected chi connectivity index (χ4v) is 4.47. The first-order valence-corrected chi connectivity index (χ1v) is 10.5. The van der Waals surface area contributed by atoms with Gasteiger partial charge in [-0.2, -0.15) is 0 Å². The minimum absolute atomic E-state index is 0.00209. The van der Waals surface area contributed by atoms with Crippen LogP contribution in [0.3, 0.4) is 0 Å². The van der Waals surface area contributed by atoms with E-state index in [9.17, 15) is 13.2 Å². The van der Waals surface area contributed by atoms with Crippen molar-refractivity contribution in [3.63, 3.8) is 0 Å². The van der Waals surface area contributed by atoms with Crippen LogP contribution in [0.4, 0.5) is 4.79 Å². The van der Waals surface area contributed by atoms with E-state index in [1.165, 1.54) is 0 Å². The Kier molecular flexibility index (Phi) is 7.19. The van der Waals surface area contributed by atoms with E-state index in [4.69, 9.17) is 0 Å². The molecule has 0 bridgehead atoms. The number of aromatic nitrogens is 1. The van der Waals surface area contributed by atoms with E-state index in [1.54, 1.807) is 11.1 Å². The Morgan fingerprint density at radius 2 is 2.00 bits per heavy atom. The first kappa shape index (κ1) is 19.7. The quantitative estimate of drug-likeness (QED) is 0.776. The number of urea groups is 1. The first-order chi connectivity index (χ1) is 11.9. The van der Waals surface area contributed by atoms with E-state index in [0.29, 0.717) is 13.1 Å². The molecule has 1 fully saturated rings. The highest BCUT2D eigenvalue weighted by atomic mass is 32.2. The predicted molar refractivity (Wildman–Crippen MR) is 98.0 cm³/mol. The van der Waals surface area contributed by atoms with Gasteiger partial charge in [-0.15, -0.1) is 0 Å². The van der Waals surface area contributed by atoms with Gasteiger partial charge in [0.05, 0.1) is 11.5 Å². The van der Waals surface area contributed by atoms with Crippen molar-refractivity contribution in [2.24, 2.45) is 5.92 Å². The largest absolute Gasteiger partial charge is 0.337 e. The van der Waals surface area contributed by atoms with Gasteiger partial charge in [-0.05, 0) is 17.5 Å². The lowest BCUT2D eigenvalue weighted by molar-refractivity contribution is 0.135. The lowest BCUT2D eigenvalue weighted by Gasteiger charge is -2.34. The fourth-order valence-electron chi connectivity index (χ4n) is 2.88. The SMILES string of the molecule is CC(C)CS(=O)(=O)CCNC(=O)N1CCN(Cc2cccnc2)CC1. The second-order valence-corrected chi connectivity index (χ2v) is 9.09. The van der Waals surface area contributed by atoms with Crippen molar-refractivity contribution >= 4 is 15.9 Å². The summed E-state index contributed by atoms with van der Waals surface area (Å²) in [6.07, 6.45) is 3.61. The second-order valence-electron chi connectivity index (χ2n) is 6.86. The van der Waals surface area contributed by atoms with Crippen molar-refractivity contribution in [2.45, 2.75) is 20.4 Å². The molecule has 1 aromatic heterocycles. The number of amides is 2. The normalized spacial score (nSPS) is 16.2. The highest BCUT2D eigenvalue weighted by molar-refractivity contribution is 7.91. The number of nitrogens with zero attached hydrogens (tertiary/aromatic N) is 3. The number of carbonyl (C=O) groups excluding carboxylic acids is 1. The number of hydrogen-bond donors (Lipinski definition) is 1. The summed E-state index contributed by atoms with van der Waals surface area (Å²) in [5.41, 5.74) is 1.16. The molecule has 25 heavy (non-hydrogen) atoms. The van der Waals surface area contributed by atoms with Crippen LogP contribution in [0, 0.1) is 5.92 Å². The molecular formula is C17H28N4O3S. The number of sulfone groups is 1. The van der Waals surface area contributed by atoms with Gasteiger partial charge in [0.15, 0.2) is 9.84 Å². The van der Waals surface area contributed by atoms with Crippen LogP contribution in [0.25, 0.3) is 0 Å². The van der Waals surface area contributed by atoms with Crippen LogP contribution in [-0.2, 0) is 16.4 Å². The van der Waals surface area contributed by atoms with Gasteiger partial charge in [0.25, 0.3) is 0 Å². The molecule has 0 unspecified atom stereocenters. The molecular weight excluding hydrogens is 340 g/mol.